The molecular weight excluding hydrogens is 278 g/mol. The smallest absolute Gasteiger partial charge is 0.317 e. The van der Waals surface area contributed by atoms with Crippen molar-refractivity contribution in [2.45, 2.75) is 46.2 Å². The van der Waals surface area contributed by atoms with E-state index in [1.807, 2.05) is 45.9 Å². The third-order valence-electron chi connectivity index (χ3n) is 3.66. The van der Waals surface area contributed by atoms with Gasteiger partial charge in [-0.3, -0.25) is 4.68 Å². The second kappa shape index (κ2) is 7.13. The lowest BCUT2D eigenvalue weighted by atomic mass is 10.1. The van der Waals surface area contributed by atoms with Crippen molar-refractivity contribution in [1.82, 2.24) is 24.9 Å². The van der Waals surface area contributed by atoms with Crippen LogP contribution in [0.25, 0.3) is 0 Å². The van der Waals surface area contributed by atoms with Crippen LogP contribution in [-0.2, 0) is 5.54 Å². The van der Waals surface area contributed by atoms with Gasteiger partial charge in [-0.2, -0.15) is 5.10 Å². The first-order valence-corrected chi connectivity index (χ1v) is 7.75. The first-order chi connectivity index (χ1) is 10.0. The van der Waals surface area contributed by atoms with Gasteiger partial charge in [-0.05, 0) is 48.7 Å². The van der Waals surface area contributed by atoms with Crippen molar-refractivity contribution in [2.75, 3.05) is 34.2 Å². The predicted octanol–water partition coefficient (Wildman–Crippen LogP) is 2.21. The molecule has 0 aliphatic heterocycles. The molecule has 126 valence electrons. The van der Waals surface area contributed by atoms with E-state index in [2.05, 4.69) is 36.1 Å². The Hall–Kier alpha value is -1.56. The van der Waals surface area contributed by atoms with Crippen molar-refractivity contribution in [3.8, 4) is 0 Å². The number of nitrogens with one attached hydrogen (secondary N) is 1. The minimum Gasteiger partial charge on any atom is -0.331 e. The van der Waals surface area contributed by atoms with Gasteiger partial charge in [-0.25, -0.2) is 4.79 Å². The van der Waals surface area contributed by atoms with Gasteiger partial charge in [0, 0.05) is 31.9 Å². The van der Waals surface area contributed by atoms with Crippen LogP contribution in [-0.4, -0.2) is 59.8 Å². The molecule has 0 saturated carbocycles. The van der Waals surface area contributed by atoms with Crippen LogP contribution in [0.2, 0.25) is 0 Å². The number of likely N-dealkylation sites (N-methyl/N-ethyl adjacent to an activating group) is 2. The summed E-state index contributed by atoms with van der Waals surface area (Å²) in [6.07, 6.45) is 2.03. The summed E-state index contributed by atoms with van der Waals surface area (Å²) < 4.78 is 1.95. The first-order valence-electron chi connectivity index (χ1n) is 7.75. The van der Waals surface area contributed by atoms with Crippen molar-refractivity contribution < 1.29 is 4.79 Å². The topological polar surface area (TPSA) is 53.4 Å². The fraction of sp³-hybridized carbons (Fsp3) is 0.750. The minimum absolute atomic E-state index is 0.0581. The van der Waals surface area contributed by atoms with Crippen LogP contribution >= 0.6 is 0 Å². The Bertz CT molecular complexity index is 501. The van der Waals surface area contributed by atoms with Gasteiger partial charge in [0.05, 0.1) is 17.3 Å². The van der Waals surface area contributed by atoms with Crippen molar-refractivity contribution in [3.63, 3.8) is 0 Å². The number of aryl methyl sites for hydroxylation is 1. The molecule has 0 aliphatic rings. The Morgan fingerprint density at radius 3 is 2.36 bits per heavy atom. The van der Waals surface area contributed by atoms with Gasteiger partial charge in [0.1, 0.15) is 0 Å². The lowest BCUT2D eigenvalue weighted by molar-refractivity contribution is 0.200. The Morgan fingerprint density at radius 2 is 1.91 bits per heavy atom. The summed E-state index contributed by atoms with van der Waals surface area (Å²) in [4.78, 5) is 16.0. The van der Waals surface area contributed by atoms with E-state index < -0.39 is 0 Å². The van der Waals surface area contributed by atoms with Gasteiger partial charge in [-0.1, -0.05) is 0 Å². The molecule has 22 heavy (non-hydrogen) atoms. The quantitative estimate of drug-likeness (QED) is 0.907. The molecule has 1 rings (SSSR count). The van der Waals surface area contributed by atoms with Gasteiger partial charge in [0.15, 0.2) is 0 Å². The van der Waals surface area contributed by atoms with E-state index in [1.165, 1.54) is 0 Å². The summed E-state index contributed by atoms with van der Waals surface area (Å²) in [5, 5.41) is 7.60. The number of carbonyl (C=O) groups excluding carboxylic acids is 1. The van der Waals surface area contributed by atoms with Gasteiger partial charge >= 0.3 is 6.03 Å². The highest BCUT2D eigenvalue weighted by atomic mass is 16.2. The summed E-state index contributed by atoms with van der Waals surface area (Å²) in [5.74, 6) is 0. The number of carbonyl (C=O) groups is 1. The Kier molecular flexibility index (Phi) is 6.00. The molecule has 6 nitrogen and oxygen atoms in total. The number of hydrogen-bond donors (Lipinski definition) is 1. The van der Waals surface area contributed by atoms with E-state index in [-0.39, 0.29) is 17.6 Å². The van der Waals surface area contributed by atoms with Crippen LogP contribution in [0, 0.1) is 6.92 Å². The van der Waals surface area contributed by atoms with Crippen LogP contribution in [0.4, 0.5) is 4.79 Å². The normalized spacial score (nSPS) is 13.3. The molecule has 0 aliphatic carbocycles. The Labute approximate surface area is 134 Å². The third-order valence-corrected chi connectivity index (χ3v) is 3.66. The van der Waals surface area contributed by atoms with Crippen LogP contribution in [0.5, 0.6) is 0 Å². The number of amides is 2. The van der Waals surface area contributed by atoms with E-state index >= 15 is 0 Å². The highest BCUT2D eigenvalue weighted by molar-refractivity contribution is 5.74. The van der Waals surface area contributed by atoms with Crippen LogP contribution in [0.1, 0.15) is 45.0 Å². The van der Waals surface area contributed by atoms with E-state index in [4.69, 9.17) is 0 Å². The van der Waals surface area contributed by atoms with Crippen LogP contribution in [0.3, 0.4) is 0 Å². The fourth-order valence-corrected chi connectivity index (χ4v) is 2.07. The minimum atomic E-state index is -0.0644. The van der Waals surface area contributed by atoms with Gasteiger partial charge in [0.2, 0.25) is 0 Å². The van der Waals surface area contributed by atoms with Gasteiger partial charge in [0.25, 0.3) is 0 Å². The van der Waals surface area contributed by atoms with Gasteiger partial charge in [-0.15, -0.1) is 0 Å². The molecule has 0 aromatic carbocycles. The lowest BCUT2D eigenvalue weighted by Gasteiger charge is -2.23. The maximum Gasteiger partial charge on any atom is 0.317 e. The number of hydrogen-bond acceptors (Lipinski definition) is 3. The first kappa shape index (κ1) is 18.5. The van der Waals surface area contributed by atoms with E-state index in [9.17, 15) is 4.79 Å². The zero-order valence-electron chi connectivity index (χ0n) is 15.3. The molecule has 1 heterocycles. The van der Waals surface area contributed by atoms with Crippen molar-refractivity contribution in [2.24, 2.45) is 0 Å². The third kappa shape index (κ3) is 5.02. The number of nitrogens with zero attached hydrogens (tertiary/aromatic N) is 4. The molecular formula is C16H31N5O. The lowest BCUT2D eigenvalue weighted by Crippen LogP contribution is -2.41. The molecule has 1 N–H and O–H groups in total. The zero-order valence-corrected chi connectivity index (χ0v) is 15.3. The van der Waals surface area contributed by atoms with E-state index in [1.54, 1.807) is 4.90 Å². The molecule has 0 radical (unpaired) electrons. The molecule has 1 aromatic heterocycles. The largest absolute Gasteiger partial charge is 0.331 e. The Balaban J connectivity index is 2.71. The summed E-state index contributed by atoms with van der Waals surface area (Å²) in [5.41, 5.74) is 1.96. The summed E-state index contributed by atoms with van der Waals surface area (Å²) in [7, 11) is 5.81. The SMILES string of the molecule is Cc1nn(C(C)(C)C)cc1C(C)NC(=O)N(C)CCN(C)C. The van der Waals surface area contributed by atoms with Crippen molar-refractivity contribution in [3.05, 3.63) is 17.5 Å². The maximum atomic E-state index is 12.2. The molecule has 1 atom stereocenters. The maximum absolute atomic E-state index is 12.2. The van der Waals surface area contributed by atoms with Crippen LogP contribution in [0.15, 0.2) is 6.20 Å². The standard InChI is InChI=1S/C16H31N5O/c1-12(17-15(22)20(8)10-9-19(6)7)14-11-21(16(3,4)5)18-13(14)2/h11-12H,9-10H2,1-8H3,(H,17,22). The molecule has 0 fully saturated rings. The van der Waals surface area contributed by atoms with Crippen molar-refractivity contribution in [1.29, 1.82) is 0 Å². The molecule has 2 amide bonds. The van der Waals surface area contributed by atoms with Crippen molar-refractivity contribution >= 4 is 6.03 Å². The summed E-state index contributed by atoms with van der Waals surface area (Å²) in [6, 6.07) is -0.123. The van der Waals surface area contributed by atoms with Crippen LogP contribution < -0.4 is 5.32 Å². The highest BCUT2D eigenvalue weighted by Gasteiger charge is 2.21. The molecule has 1 unspecified atom stereocenters. The van der Waals surface area contributed by atoms with Gasteiger partial charge < -0.3 is 15.1 Å². The monoisotopic (exact) mass is 309 g/mol. The molecule has 0 saturated heterocycles. The number of aromatic nitrogens is 2. The van der Waals surface area contributed by atoms with E-state index in [0.29, 0.717) is 6.54 Å². The number of rotatable bonds is 5. The van der Waals surface area contributed by atoms with E-state index in [0.717, 1.165) is 17.8 Å². The molecule has 6 heteroatoms. The second-order valence-electron chi connectivity index (χ2n) is 7.18. The highest BCUT2D eigenvalue weighted by Crippen LogP contribution is 2.21. The molecule has 0 bridgehead atoms. The predicted molar refractivity (Wildman–Crippen MR) is 90.1 cm³/mol. The number of urea groups is 1. The molecule has 1 aromatic rings. The zero-order chi connectivity index (χ0) is 17.1. The fourth-order valence-electron chi connectivity index (χ4n) is 2.07. The average Bonchev–Trinajstić information content (AvgIpc) is 2.77. The Morgan fingerprint density at radius 1 is 1.32 bits per heavy atom. The summed E-state index contributed by atoms with van der Waals surface area (Å²) in [6.45, 7) is 11.9. The second-order valence-corrected chi connectivity index (χ2v) is 7.18. The molecule has 0 spiro atoms. The average molecular weight is 309 g/mol. The summed E-state index contributed by atoms with van der Waals surface area (Å²) >= 11 is 0.